The molecule has 23 heavy (non-hydrogen) atoms. The van der Waals surface area contributed by atoms with Gasteiger partial charge in [0.1, 0.15) is 5.75 Å². The molecule has 0 saturated carbocycles. The molecule has 0 radical (unpaired) electrons. The lowest BCUT2D eigenvalue weighted by atomic mass is 10.0. The topological polar surface area (TPSA) is 56.1 Å². The van der Waals surface area contributed by atoms with Gasteiger partial charge in [0.05, 0.1) is 5.71 Å². The third-order valence-corrected chi connectivity index (χ3v) is 4.11. The van der Waals surface area contributed by atoms with Crippen molar-refractivity contribution in [3.63, 3.8) is 0 Å². The van der Waals surface area contributed by atoms with Gasteiger partial charge >= 0.3 is 0 Å². The van der Waals surface area contributed by atoms with Gasteiger partial charge in [0.25, 0.3) is 0 Å². The van der Waals surface area contributed by atoms with Crippen LogP contribution in [0.5, 0.6) is 5.75 Å². The predicted molar refractivity (Wildman–Crippen MR) is 98.6 cm³/mol. The molecule has 0 bridgehead atoms. The number of likely N-dealkylation sites (tertiary alicyclic amines) is 1. The third-order valence-electron chi connectivity index (χ3n) is 4.11. The third kappa shape index (κ3) is 7.51. The molecule has 1 heterocycles. The van der Waals surface area contributed by atoms with Gasteiger partial charge in [-0.05, 0) is 75.5 Å². The van der Waals surface area contributed by atoms with Crippen molar-refractivity contribution in [3.05, 3.63) is 29.8 Å². The molecule has 1 saturated heterocycles. The fourth-order valence-electron chi connectivity index (χ4n) is 2.76. The van der Waals surface area contributed by atoms with E-state index in [1.165, 1.54) is 38.8 Å². The van der Waals surface area contributed by atoms with E-state index >= 15 is 0 Å². The summed E-state index contributed by atoms with van der Waals surface area (Å²) in [6.07, 6.45) is 6.26. The van der Waals surface area contributed by atoms with Crippen molar-refractivity contribution >= 4 is 5.71 Å². The Balaban J connectivity index is 0.000000409. The molecule has 0 aliphatic carbocycles. The van der Waals surface area contributed by atoms with Crippen molar-refractivity contribution in [3.8, 4) is 5.75 Å². The highest BCUT2D eigenvalue weighted by atomic mass is 16.4. The maximum absolute atomic E-state index is 8.98. The molecule has 1 atom stereocenters. The van der Waals surface area contributed by atoms with E-state index in [1.54, 1.807) is 24.3 Å². The number of piperidine rings is 1. The molecule has 132 valence electrons. The molecule has 4 heteroatoms. The highest BCUT2D eigenvalue weighted by Crippen LogP contribution is 2.15. The number of oxime groups is 1. The van der Waals surface area contributed by atoms with Gasteiger partial charge in [-0.25, -0.2) is 0 Å². The Morgan fingerprint density at radius 2 is 1.87 bits per heavy atom. The summed E-state index contributed by atoms with van der Waals surface area (Å²) in [7, 11) is 0. The van der Waals surface area contributed by atoms with Gasteiger partial charge in [-0.15, -0.1) is 0 Å². The van der Waals surface area contributed by atoms with Crippen LogP contribution >= 0.6 is 0 Å². The maximum Gasteiger partial charge on any atom is 0.115 e. The predicted octanol–water partition coefficient (Wildman–Crippen LogP) is 4.89. The molecule has 0 spiro atoms. The number of hydrogen-bond acceptors (Lipinski definition) is 4. The first-order chi connectivity index (χ1) is 10.6. The number of aromatic hydroxyl groups is 1. The van der Waals surface area contributed by atoms with Crippen LogP contribution in [-0.4, -0.2) is 40.1 Å². The van der Waals surface area contributed by atoms with Crippen LogP contribution in [0.2, 0.25) is 0 Å². The minimum absolute atomic E-state index is 0. The zero-order valence-electron chi connectivity index (χ0n) is 14.1. The molecular weight excluding hydrogens is 288 g/mol. The molecule has 0 amide bonds. The lowest BCUT2D eigenvalue weighted by molar-refractivity contribution is 0.161. The molecule has 4 nitrogen and oxygen atoms in total. The first-order valence-corrected chi connectivity index (χ1v) is 8.36. The normalized spacial score (nSPS) is 18.6. The van der Waals surface area contributed by atoms with Crippen molar-refractivity contribution in [2.75, 3.05) is 13.1 Å². The number of rotatable bonds is 4. The molecule has 1 aliphatic rings. The van der Waals surface area contributed by atoms with Crippen LogP contribution < -0.4 is 0 Å². The molecule has 2 N–H and O–H groups in total. The lowest BCUT2D eigenvalue weighted by Gasteiger charge is -2.32. The SMILES string of the molecule is C.CC/C(=N/O)c1ccc(O)cc1.CCCN1CCCCC1C. The van der Waals surface area contributed by atoms with Gasteiger partial charge in [-0.1, -0.05) is 32.9 Å². The average Bonchev–Trinajstić information content (AvgIpc) is 2.53. The molecule has 1 aromatic carbocycles. The number of hydrogen-bond donors (Lipinski definition) is 2. The molecule has 1 aromatic rings. The Kier molecular flexibility index (Phi) is 11.1. The molecule has 1 aliphatic heterocycles. The quantitative estimate of drug-likeness (QED) is 0.471. The van der Waals surface area contributed by atoms with Crippen LogP contribution in [-0.2, 0) is 0 Å². The van der Waals surface area contributed by atoms with Gasteiger partial charge in [0.2, 0.25) is 0 Å². The van der Waals surface area contributed by atoms with Crippen molar-refractivity contribution < 1.29 is 10.3 Å². The largest absolute Gasteiger partial charge is 0.508 e. The summed E-state index contributed by atoms with van der Waals surface area (Å²) >= 11 is 0. The van der Waals surface area contributed by atoms with E-state index in [-0.39, 0.29) is 13.2 Å². The fourth-order valence-corrected chi connectivity index (χ4v) is 2.76. The Morgan fingerprint density at radius 3 is 2.35 bits per heavy atom. The summed E-state index contributed by atoms with van der Waals surface area (Å²) in [5.41, 5.74) is 1.45. The van der Waals surface area contributed by atoms with E-state index in [0.29, 0.717) is 12.1 Å². The molecular formula is C19H34N2O2. The number of nitrogens with zero attached hydrogens (tertiary/aromatic N) is 2. The zero-order valence-corrected chi connectivity index (χ0v) is 14.1. The van der Waals surface area contributed by atoms with E-state index in [9.17, 15) is 0 Å². The number of phenolic OH excluding ortho intramolecular Hbond substituents is 1. The van der Waals surface area contributed by atoms with Crippen molar-refractivity contribution in [2.45, 2.75) is 66.3 Å². The summed E-state index contributed by atoms with van der Waals surface area (Å²) in [5, 5.41) is 20.7. The minimum Gasteiger partial charge on any atom is -0.508 e. The summed E-state index contributed by atoms with van der Waals surface area (Å²) in [6.45, 7) is 9.17. The number of phenols is 1. The second-order valence-corrected chi connectivity index (χ2v) is 5.83. The summed E-state index contributed by atoms with van der Waals surface area (Å²) < 4.78 is 0. The van der Waals surface area contributed by atoms with E-state index in [1.807, 2.05) is 6.92 Å². The van der Waals surface area contributed by atoms with E-state index < -0.39 is 0 Å². The molecule has 1 fully saturated rings. The standard InChI is InChI=1S/C9H11NO2.C9H19N.CH4/c1-2-9(10-12)7-3-5-8(11)6-4-7;1-3-7-10-8-5-4-6-9(10)2;/h3-6,11-12H,2H2,1H3;9H,3-8H2,1-2H3;1H4/b10-9-;;. The van der Waals surface area contributed by atoms with E-state index in [2.05, 4.69) is 23.9 Å². The smallest absolute Gasteiger partial charge is 0.115 e. The Labute approximate surface area is 141 Å². The minimum atomic E-state index is 0. The first kappa shape index (κ1) is 21.4. The first-order valence-electron chi connectivity index (χ1n) is 8.36. The fraction of sp³-hybridized carbons (Fsp3) is 0.632. The van der Waals surface area contributed by atoms with E-state index in [4.69, 9.17) is 10.3 Å². The van der Waals surface area contributed by atoms with E-state index in [0.717, 1.165) is 11.6 Å². The Bertz CT molecular complexity index is 441. The van der Waals surface area contributed by atoms with Crippen LogP contribution in [0.4, 0.5) is 0 Å². The van der Waals surface area contributed by atoms with Crippen LogP contribution in [0.25, 0.3) is 0 Å². The van der Waals surface area contributed by atoms with Crippen molar-refractivity contribution in [1.82, 2.24) is 4.90 Å². The second-order valence-electron chi connectivity index (χ2n) is 5.83. The van der Waals surface area contributed by atoms with Gasteiger partial charge in [0, 0.05) is 6.04 Å². The Hall–Kier alpha value is -1.55. The highest BCUT2D eigenvalue weighted by Gasteiger charge is 2.16. The monoisotopic (exact) mass is 322 g/mol. The molecule has 1 unspecified atom stereocenters. The molecule has 2 rings (SSSR count). The van der Waals surface area contributed by atoms with Gasteiger partial charge in [-0.3, -0.25) is 0 Å². The number of benzene rings is 1. The van der Waals surface area contributed by atoms with Gasteiger partial charge in [-0.2, -0.15) is 0 Å². The highest BCUT2D eigenvalue weighted by molar-refractivity contribution is 6.00. The Morgan fingerprint density at radius 1 is 1.22 bits per heavy atom. The summed E-state index contributed by atoms with van der Waals surface area (Å²) in [6, 6.07) is 7.42. The second kappa shape index (κ2) is 11.9. The maximum atomic E-state index is 8.98. The van der Waals surface area contributed by atoms with Gasteiger partial charge in [0.15, 0.2) is 0 Å². The lowest BCUT2D eigenvalue weighted by Crippen LogP contribution is -2.37. The van der Waals surface area contributed by atoms with Crippen LogP contribution in [0.15, 0.2) is 29.4 Å². The van der Waals surface area contributed by atoms with Crippen LogP contribution in [0.1, 0.15) is 65.9 Å². The average molecular weight is 322 g/mol. The van der Waals surface area contributed by atoms with Gasteiger partial charge < -0.3 is 15.2 Å². The van der Waals surface area contributed by atoms with Crippen LogP contribution in [0.3, 0.4) is 0 Å². The van der Waals surface area contributed by atoms with Crippen LogP contribution in [0, 0.1) is 0 Å². The van der Waals surface area contributed by atoms with Crippen molar-refractivity contribution in [2.24, 2.45) is 5.16 Å². The summed E-state index contributed by atoms with van der Waals surface area (Å²) in [4.78, 5) is 2.61. The van der Waals surface area contributed by atoms with Crippen molar-refractivity contribution in [1.29, 1.82) is 0 Å². The summed E-state index contributed by atoms with van der Waals surface area (Å²) in [5.74, 6) is 0.215. The molecule has 0 aromatic heterocycles. The zero-order chi connectivity index (χ0) is 16.4.